The van der Waals surface area contributed by atoms with Gasteiger partial charge in [-0.1, -0.05) is 38.8 Å². The number of amides is 1. The summed E-state index contributed by atoms with van der Waals surface area (Å²) in [5.41, 5.74) is 1.28. The molecule has 128 valence electrons. The average Bonchev–Trinajstić information content (AvgIpc) is 3.10. The van der Waals surface area contributed by atoms with E-state index in [-0.39, 0.29) is 5.91 Å². The summed E-state index contributed by atoms with van der Waals surface area (Å²) in [5, 5.41) is 3.82. The van der Waals surface area contributed by atoms with E-state index < -0.39 is 6.10 Å². The number of aryl methyl sites for hydroxylation is 1. The normalized spacial score (nSPS) is 16.3. The van der Waals surface area contributed by atoms with E-state index in [0.717, 1.165) is 29.7 Å². The summed E-state index contributed by atoms with van der Waals surface area (Å²) in [5.74, 6) is 1.77. The number of hydrogen-bond donors (Lipinski definition) is 1. The summed E-state index contributed by atoms with van der Waals surface area (Å²) in [6, 6.07) is 8.01. The van der Waals surface area contributed by atoms with E-state index in [9.17, 15) is 4.79 Å². The lowest BCUT2D eigenvalue weighted by Gasteiger charge is -2.18. The van der Waals surface area contributed by atoms with Gasteiger partial charge in [0.25, 0.3) is 5.91 Å². The highest BCUT2D eigenvalue weighted by atomic mass is 32.2. The Morgan fingerprint density at radius 2 is 1.96 bits per heavy atom. The molecule has 1 amide bonds. The number of hydrogen-bond acceptors (Lipinski definition) is 3. The van der Waals surface area contributed by atoms with Crippen molar-refractivity contribution in [1.29, 1.82) is 0 Å². The number of rotatable bonds is 9. The molecule has 1 aromatic carbocycles. The molecule has 1 aliphatic rings. The molecule has 0 aliphatic heterocycles. The topological polar surface area (TPSA) is 38.3 Å². The lowest BCUT2D eigenvalue weighted by Crippen LogP contribution is -2.39. The molecule has 23 heavy (non-hydrogen) atoms. The quantitative estimate of drug-likeness (QED) is 0.687. The third-order valence-electron chi connectivity index (χ3n) is 4.33. The van der Waals surface area contributed by atoms with E-state index in [2.05, 4.69) is 24.4 Å². The Kier molecular flexibility index (Phi) is 7.80. The summed E-state index contributed by atoms with van der Waals surface area (Å²) in [7, 11) is 0. The number of carbonyl (C=O) groups excluding carboxylic acids is 1. The molecule has 1 fully saturated rings. The third-order valence-corrected chi connectivity index (χ3v) is 5.71. The highest BCUT2D eigenvalue weighted by molar-refractivity contribution is 7.99. The van der Waals surface area contributed by atoms with Gasteiger partial charge in [0.15, 0.2) is 6.10 Å². The third kappa shape index (κ3) is 6.09. The van der Waals surface area contributed by atoms with Crippen LogP contribution in [0.3, 0.4) is 0 Å². The monoisotopic (exact) mass is 335 g/mol. The molecule has 1 saturated carbocycles. The maximum absolute atomic E-state index is 12.3. The molecular formula is C19H29NO2S. The zero-order valence-corrected chi connectivity index (χ0v) is 15.2. The minimum Gasteiger partial charge on any atom is -0.481 e. The number of nitrogens with one attached hydrogen (secondary N) is 1. The smallest absolute Gasteiger partial charge is 0.261 e. The van der Waals surface area contributed by atoms with Gasteiger partial charge in [0.2, 0.25) is 0 Å². The second-order valence-corrected chi connectivity index (χ2v) is 7.49. The first kappa shape index (κ1) is 18.2. The van der Waals surface area contributed by atoms with Gasteiger partial charge in [-0.2, -0.15) is 11.8 Å². The van der Waals surface area contributed by atoms with Gasteiger partial charge in [-0.25, -0.2) is 0 Å². The molecule has 0 unspecified atom stereocenters. The van der Waals surface area contributed by atoms with Gasteiger partial charge >= 0.3 is 0 Å². The number of ether oxygens (including phenoxy) is 1. The Balaban J connectivity index is 1.71. The highest BCUT2D eigenvalue weighted by Crippen LogP contribution is 2.28. The molecule has 0 saturated heterocycles. The zero-order chi connectivity index (χ0) is 16.5. The van der Waals surface area contributed by atoms with Crippen LogP contribution < -0.4 is 10.1 Å². The van der Waals surface area contributed by atoms with Gasteiger partial charge in [-0.15, -0.1) is 0 Å². The van der Waals surface area contributed by atoms with Gasteiger partial charge < -0.3 is 10.1 Å². The van der Waals surface area contributed by atoms with Crippen LogP contribution in [-0.4, -0.2) is 29.6 Å². The fraction of sp³-hybridized carbons (Fsp3) is 0.632. The minimum absolute atomic E-state index is 0.000843. The van der Waals surface area contributed by atoms with Crippen LogP contribution >= 0.6 is 11.8 Å². The van der Waals surface area contributed by atoms with Gasteiger partial charge in [0.1, 0.15) is 5.75 Å². The highest BCUT2D eigenvalue weighted by Gasteiger charge is 2.19. The van der Waals surface area contributed by atoms with E-state index in [1.54, 1.807) is 0 Å². The van der Waals surface area contributed by atoms with Gasteiger partial charge in [-0.05, 0) is 43.4 Å². The van der Waals surface area contributed by atoms with Crippen LogP contribution in [0.4, 0.5) is 0 Å². The maximum atomic E-state index is 12.3. The van der Waals surface area contributed by atoms with Crippen LogP contribution in [0.25, 0.3) is 0 Å². The van der Waals surface area contributed by atoms with Crippen LogP contribution in [0.15, 0.2) is 24.3 Å². The largest absolute Gasteiger partial charge is 0.481 e. The van der Waals surface area contributed by atoms with Crippen molar-refractivity contribution in [1.82, 2.24) is 5.32 Å². The first-order valence-corrected chi connectivity index (χ1v) is 9.92. The average molecular weight is 336 g/mol. The molecule has 1 aliphatic carbocycles. The second kappa shape index (κ2) is 9.86. The summed E-state index contributed by atoms with van der Waals surface area (Å²) in [4.78, 5) is 12.3. The first-order valence-electron chi connectivity index (χ1n) is 8.87. The van der Waals surface area contributed by atoms with Crippen molar-refractivity contribution in [2.45, 2.75) is 63.7 Å². The van der Waals surface area contributed by atoms with Crippen molar-refractivity contribution in [2.24, 2.45) is 0 Å². The molecular weight excluding hydrogens is 306 g/mol. The van der Waals surface area contributed by atoms with Crippen LogP contribution in [0, 0.1) is 0 Å². The summed E-state index contributed by atoms with van der Waals surface area (Å²) >= 11 is 2.00. The molecule has 0 spiro atoms. The summed E-state index contributed by atoms with van der Waals surface area (Å²) < 4.78 is 5.84. The van der Waals surface area contributed by atoms with Crippen LogP contribution in [-0.2, 0) is 11.2 Å². The molecule has 1 atom stereocenters. The van der Waals surface area contributed by atoms with E-state index in [1.165, 1.54) is 31.2 Å². The molecule has 2 rings (SSSR count). The minimum atomic E-state index is -0.404. The molecule has 4 heteroatoms. The van der Waals surface area contributed by atoms with Crippen molar-refractivity contribution < 1.29 is 9.53 Å². The van der Waals surface area contributed by atoms with Crippen molar-refractivity contribution in [3.63, 3.8) is 0 Å². The second-order valence-electron chi connectivity index (χ2n) is 6.08. The fourth-order valence-corrected chi connectivity index (χ4v) is 4.08. The summed E-state index contributed by atoms with van der Waals surface area (Å²) in [6.45, 7) is 4.84. The SMILES string of the molecule is CCc1ccc(O[C@@H](CC)C(=O)NCCSC2CCCC2)cc1. The van der Waals surface area contributed by atoms with E-state index in [1.807, 2.05) is 30.8 Å². The van der Waals surface area contributed by atoms with E-state index in [4.69, 9.17) is 4.74 Å². The molecule has 3 nitrogen and oxygen atoms in total. The van der Waals surface area contributed by atoms with Crippen molar-refractivity contribution >= 4 is 17.7 Å². The Morgan fingerprint density at radius 3 is 2.57 bits per heavy atom. The molecule has 0 heterocycles. The van der Waals surface area contributed by atoms with E-state index >= 15 is 0 Å². The van der Waals surface area contributed by atoms with Crippen LogP contribution in [0.1, 0.15) is 51.5 Å². The Bertz CT molecular complexity index is 469. The van der Waals surface area contributed by atoms with Crippen LogP contribution in [0.2, 0.25) is 0 Å². The van der Waals surface area contributed by atoms with Gasteiger partial charge in [0, 0.05) is 17.5 Å². The Labute approximate surface area is 144 Å². The van der Waals surface area contributed by atoms with Gasteiger partial charge in [-0.3, -0.25) is 4.79 Å². The molecule has 0 bridgehead atoms. The number of carbonyl (C=O) groups is 1. The fourth-order valence-electron chi connectivity index (χ4n) is 2.86. The lowest BCUT2D eigenvalue weighted by atomic mass is 10.2. The first-order chi connectivity index (χ1) is 11.2. The molecule has 1 N–H and O–H groups in total. The standard InChI is InChI=1S/C19H29NO2S/c1-3-15-9-11-16(12-10-15)22-18(4-2)19(21)20-13-14-23-17-7-5-6-8-17/h9-12,17-18H,3-8,13-14H2,1-2H3,(H,20,21)/t18-/m0/s1. The number of thioether (sulfide) groups is 1. The lowest BCUT2D eigenvalue weighted by molar-refractivity contribution is -0.127. The summed E-state index contributed by atoms with van der Waals surface area (Å²) in [6.07, 6.45) is 6.70. The van der Waals surface area contributed by atoms with E-state index in [0.29, 0.717) is 6.42 Å². The zero-order valence-electron chi connectivity index (χ0n) is 14.3. The predicted molar refractivity (Wildman–Crippen MR) is 98.3 cm³/mol. The molecule has 0 aromatic heterocycles. The number of benzene rings is 1. The molecule has 1 aromatic rings. The predicted octanol–water partition coefficient (Wildman–Crippen LogP) is 4.20. The maximum Gasteiger partial charge on any atom is 0.261 e. The Hall–Kier alpha value is -1.16. The van der Waals surface area contributed by atoms with Crippen molar-refractivity contribution in [3.8, 4) is 5.75 Å². The van der Waals surface area contributed by atoms with Crippen molar-refractivity contribution in [3.05, 3.63) is 29.8 Å². The van der Waals surface area contributed by atoms with Crippen LogP contribution in [0.5, 0.6) is 5.75 Å². The van der Waals surface area contributed by atoms with Crippen molar-refractivity contribution in [2.75, 3.05) is 12.3 Å². The van der Waals surface area contributed by atoms with Gasteiger partial charge in [0.05, 0.1) is 0 Å². The molecule has 0 radical (unpaired) electrons. The Morgan fingerprint density at radius 1 is 1.26 bits per heavy atom.